The van der Waals surface area contributed by atoms with Crippen molar-refractivity contribution in [3.05, 3.63) is 142 Å². The molecular weight excluding hydrogens is 494 g/mol. The fourth-order valence-electron chi connectivity index (χ4n) is 4.60. The molecule has 0 unspecified atom stereocenters. The molecule has 0 spiro atoms. The van der Waals surface area contributed by atoms with Crippen molar-refractivity contribution < 1.29 is 23.0 Å². The second-order valence-electron chi connectivity index (χ2n) is 9.39. The number of carbonyl (C=O) groups excluding carboxylic acids is 1. The zero-order valence-electron chi connectivity index (χ0n) is 21.4. The Morgan fingerprint density at radius 2 is 1.03 bits per heavy atom. The van der Waals surface area contributed by atoms with Gasteiger partial charge in [0.15, 0.2) is 28.9 Å². The molecule has 0 aromatic heterocycles. The fraction of sp³-hybridized carbons (Fsp3) is 0.147. The van der Waals surface area contributed by atoms with Crippen LogP contribution in [-0.2, 0) is 18.0 Å². The molecule has 0 atom stereocenters. The maximum absolute atomic E-state index is 14.7. The molecule has 1 fully saturated rings. The van der Waals surface area contributed by atoms with Gasteiger partial charge in [0.05, 0.1) is 0 Å². The second-order valence-corrected chi connectivity index (χ2v) is 9.39. The Balaban J connectivity index is 1.39. The lowest BCUT2D eigenvalue weighted by Crippen LogP contribution is -2.12. The second kappa shape index (κ2) is 12.4. The largest absolute Gasteiger partial charge is 0.485 e. The molecule has 5 heteroatoms. The zero-order valence-corrected chi connectivity index (χ0v) is 21.4. The van der Waals surface area contributed by atoms with Crippen molar-refractivity contribution in [2.75, 3.05) is 0 Å². The number of ketones is 1. The summed E-state index contributed by atoms with van der Waals surface area (Å²) in [6.07, 6.45) is 5.28. The molecule has 1 aliphatic rings. The summed E-state index contributed by atoms with van der Waals surface area (Å²) in [6.45, 7) is 0.421. The van der Waals surface area contributed by atoms with Crippen molar-refractivity contribution in [1.82, 2.24) is 0 Å². The van der Waals surface area contributed by atoms with E-state index in [9.17, 15) is 13.6 Å². The average molecular weight is 523 g/mol. The number of Topliss-reactive ketones (excluding diaryl/α,β-unsaturated/α-hetero) is 1. The summed E-state index contributed by atoms with van der Waals surface area (Å²) < 4.78 is 41.2. The molecule has 0 radical (unpaired) electrons. The number of rotatable bonds is 8. The molecule has 39 heavy (non-hydrogen) atoms. The highest BCUT2D eigenvalue weighted by Gasteiger charge is 2.22. The van der Waals surface area contributed by atoms with E-state index in [4.69, 9.17) is 9.47 Å². The lowest BCUT2D eigenvalue weighted by molar-refractivity contribution is -0.112. The Morgan fingerprint density at radius 1 is 0.590 bits per heavy atom. The third-order valence-electron chi connectivity index (χ3n) is 6.58. The minimum atomic E-state index is -0.487. The highest BCUT2D eigenvalue weighted by molar-refractivity contribution is 6.14. The van der Waals surface area contributed by atoms with E-state index in [1.165, 1.54) is 12.1 Å². The van der Waals surface area contributed by atoms with E-state index in [2.05, 4.69) is 0 Å². The van der Waals surface area contributed by atoms with Crippen LogP contribution in [0.25, 0.3) is 12.2 Å². The van der Waals surface area contributed by atoms with Crippen LogP contribution in [0.2, 0.25) is 0 Å². The maximum atomic E-state index is 14.7. The van der Waals surface area contributed by atoms with Gasteiger partial charge in [0, 0.05) is 22.3 Å². The van der Waals surface area contributed by atoms with Crippen LogP contribution in [0.4, 0.5) is 8.78 Å². The molecule has 1 saturated carbocycles. The molecule has 4 aromatic rings. The van der Waals surface area contributed by atoms with Gasteiger partial charge in [-0.1, -0.05) is 84.9 Å². The summed E-state index contributed by atoms with van der Waals surface area (Å²) in [5.74, 6) is -0.893. The number of halogens is 2. The van der Waals surface area contributed by atoms with Gasteiger partial charge < -0.3 is 9.47 Å². The molecule has 0 aliphatic heterocycles. The molecule has 0 amide bonds. The Kier molecular flexibility index (Phi) is 8.27. The Labute approximate surface area is 227 Å². The van der Waals surface area contributed by atoms with Crippen LogP contribution >= 0.6 is 0 Å². The first-order valence-corrected chi connectivity index (χ1v) is 12.9. The summed E-state index contributed by atoms with van der Waals surface area (Å²) >= 11 is 0. The smallest absolute Gasteiger partial charge is 0.185 e. The van der Waals surface area contributed by atoms with Gasteiger partial charge in [-0.25, -0.2) is 8.78 Å². The molecular formula is C34H28F2O3. The van der Waals surface area contributed by atoms with Crippen LogP contribution in [0.1, 0.15) is 41.5 Å². The van der Waals surface area contributed by atoms with Gasteiger partial charge >= 0.3 is 0 Å². The molecule has 0 saturated heterocycles. The first kappa shape index (κ1) is 26.1. The molecule has 4 aromatic carbocycles. The van der Waals surface area contributed by atoms with E-state index >= 15 is 0 Å². The summed E-state index contributed by atoms with van der Waals surface area (Å²) in [5, 5.41) is 0. The zero-order chi connectivity index (χ0) is 27.0. The van der Waals surface area contributed by atoms with Gasteiger partial charge in [0.1, 0.15) is 13.2 Å². The van der Waals surface area contributed by atoms with Gasteiger partial charge in [-0.3, -0.25) is 4.79 Å². The predicted molar refractivity (Wildman–Crippen MR) is 149 cm³/mol. The summed E-state index contributed by atoms with van der Waals surface area (Å²) in [5.41, 5.74) is 3.97. The molecule has 0 heterocycles. The highest BCUT2D eigenvalue weighted by atomic mass is 19.1. The fourth-order valence-corrected chi connectivity index (χ4v) is 4.60. The lowest BCUT2D eigenvalue weighted by atomic mass is 9.86. The number of ether oxygens (including phenoxy) is 2. The Hall–Kier alpha value is -4.51. The molecule has 0 N–H and O–H groups in total. The monoisotopic (exact) mass is 522 g/mol. The predicted octanol–water partition coefficient (Wildman–Crippen LogP) is 8.34. The maximum Gasteiger partial charge on any atom is 0.185 e. The van der Waals surface area contributed by atoms with Crippen LogP contribution < -0.4 is 9.47 Å². The van der Waals surface area contributed by atoms with E-state index < -0.39 is 11.6 Å². The molecule has 0 bridgehead atoms. The topological polar surface area (TPSA) is 35.5 Å². The van der Waals surface area contributed by atoms with E-state index in [1.807, 2.05) is 60.7 Å². The van der Waals surface area contributed by atoms with Crippen LogP contribution in [0.15, 0.2) is 108 Å². The number of benzene rings is 4. The van der Waals surface area contributed by atoms with E-state index in [0.29, 0.717) is 35.1 Å². The lowest BCUT2D eigenvalue weighted by Gasteiger charge is -2.18. The molecule has 196 valence electrons. The van der Waals surface area contributed by atoms with Crippen molar-refractivity contribution in [1.29, 1.82) is 0 Å². The van der Waals surface area contributed by atoms with Crippen molar-refractivity contribution in [3.63, 3.8) is 0 Å². The number of hydrogen-bond acceptors (Lipinski definition) is 3. The molecule has 5 rings (SSSR count). The van der Waals surface area contributed by atoms with Crippen LogP contribution in [0.5, 0.6) is 11.5 Å². The minimum absolute atomic E-state index is 0.111. The average Bonchev–Trinajstić information content (AvgIpc) is 2.95. The summed E-state index contributed by atoms with van der Waals surface area (Å²) in [4.78, 5) is 13.5. The van der Waals surface area contributed by atoms with E-state index in [-0.39, 0.29) is 30.5 Å². The molecule has 1 aliphatic carbocycles. The minimum Gasteiger partial charge on any atom is -0.485 e. The quantitative estimate of drug-likeness (QED) is 0.218. The normalized spacial score (nSPS) is 15.5. The van der Waals surface area contributed by atoms with Crippen molar-refractivity contribution in [2.45, 2.75) is 32.5 Å². The number of para-hydroxylation sites is 2. The first-order valence-electron chi connectivity index (χ1n) is 12.9. The van der Waals surface area contributed by atoms with Gasteiger partial charge in [0.2, 0.25) is 0 Å². The highest BCUT2D eigenvalue weighted by Crippen LogP contribution is 2.33. The van der Waals surface area contributed by atoms with E-state index in [1.54, 1.807) is 36.4 Å². The van der Waals surface area contributed by atoms with Crippen molar-refractivity contribution >= 4 is 17.9 Å². The third kappa shape index (κ3) is 6.50. The number of carbonyl (C=O) groups is 1. The van der Waals surface area contributed by atoms with Gasteiger partial charge in [-0.15, -0.1) is 0 Å². The Morgan fingerprint density at radius 3 is 1.46 bits per heavy atom. The van der Waals surface area contributed by atoms with Crippen molar-refractivity contribution in [2.24, 2.45) is 0 Å². The van der Waals surface area contributed by atoms with Crippen LogP contribution in [0, 0.1) is 11.6 Å². The molecule has 3 nitrogen and oxygen atoms in total. The number of allylic oxidation sites excluding steroid dienone is 2. The van der Waals surface area contributed by atoms with Gasteiger partial charge in [0.25, 0.3) is 0 Å². The van der Waals surface area contributed by atoms with Crippen molar-refractivity contribution in [3.8, 4) is 11.5 Å². The summed E-state index contributed by atoms with van der Waals surface area (Å²) in [6, 6.07) is 28.4. The van der Waals surface area contributed by atoms with E-state index in [0.717, 1.165) is 17.5 Å². The Bertz CT molecular complexity index is 1400. The SMILES string of the molecule is O=C1C(=Cc2cccc(F)c2OCc2ccccc2)CCCC1=Cc1cccc(F)c1OCc1ccccc1. The first-order chi connectivity index (χ1) is 19.1. The van der Waals surface area contributed by atoms with Gasteiger partial charge in [-0.05, 0) is 54.7 Å². The summed E-state index contributed by atoms with van der Waals surface area (Å²) in [7, 11) is 0. The number of hydrogen-bond donors (Lipinski definition) is 0. The van der Waals surface area contributed by atoms with Gasteiger partial charge in [-0.2, -0.15) is 0 Å². The third-order valence-corrected chi connectivity index (χ3v) is 6.58. The van der Waals surface area contributed by atoms with Crippen LogP contribution in [-0.4, -0.2) is 5.78 Å². The van der Waals surface area contributed by atoms with Crippen LogP contribution in [0.3, 0.4) is 0 Å². The standard InChI is InChI=1S/C34H28F2O3/c35-30-18-8-16-28(33(30)38-22-24-10-3-1-4-11-24)20-26-14-7-15-27(32(26)37)21-29-17-9-19-31(36)34(29)39-23-25-12-5-2-6-13-25/h1-6,8-13,16-21H,7,14-15,22-23H2.